The number of aliphatic imine (C=N–C) groups is 1. The Labute approximate surface area is 175 Å². The molecule has 0 aliphatic rings. The molecule has 30 heavy (non-hydrogen) atoms. The van der Waals surface area contributed by atoms with Crippen LogP contribution in [0.3, 0.4) is 0 Å². The summed E-state index contributed by atoms with van der Waals surface area (Å²) >= 11 is 0. The van der Waals surface area contributed by atoms with Gasteiger partial charge in [0.2, 0.25) is 0 Å². The summed E-state index contributed by atoms with van der Waals surface area (Å²) in [7, 11) is 1.70. The van der Waals surface area contributed by atoms with Crippen molar-refractivity contribution in [2.45, 2.75) is 39.4 Å². The van der Waals surface area contributed by atoms with Crippen LogP contribution in [0, 0.1) is 0 Å². The molecular formula is C22H28F3N3O2. The minimum Gasteiger partial charge on any atom is -0.377 e. The van der Waals surface area contributed by atoms with Gasteiger partial charge in [0, 0.05) is 26.7 Å². The fourth-order valence-corrected chi connectivity index (χ4v) is 2.60. The second-order valence-electron chi connectivity index (χ2n) is 6.66. The van der Waals surface area contributed by atoms with E-state index < -0.39 is 12.8 Å². The Morgan fingerprint density at radius 1 is 0.800 bits per heavy atom. The van der Waals surface area contributed by atoms with E-state index in [1.807, 2.05) is 43.3 Å². The molecule has 0 amide bonds. The molecule has 2 aromatic rings. The summed E-state index contributed by atoms with van der Waals surface area (Å²) in [6.45, 7) is 3.13. The van der Waals surface area contributed by atoms with Gasteiger partial charge in [0.15, 0.2) is 5.96 Å². The van der Waals surface area contributed by atoms with Crippen LogP contribution in [-0.4, -0.2) is 32.4 Å². The van der Waals surface area contributed by atoms with Crippen LogP contribution in [0.25, 0.3) is 0 Å². The molecule has 5 nitrogen and oxygen atoms in total. The molecule has 0 atom stereocenters. The minimum atomic E-state index is -4.31. The van der Waals surface area contributed by atoms with E-state index >= 15 is 0 Å². The maximum Gasteiger partial charge on any atom is 0.411 e. The van der Waals surface area contributed by atoms with Gasteiger partial charge in [-0.2, -0.15) is 13.2 Å². The quantitative estimate of drug-likeness (QED) is 0.445. The summed E-state index contributed by atoms with van der Waals surface area (Å²) in [6, 6.07) is 15.4. The molecule has 0 saturated heterocycles. The van der Waals surface area contributed by atoms with Crippen molar-refractivity contribution in [2.24, 2.45) is 4.99 Å². The van der Waals surface area contributed by atoms with Crippen LogP contribution in [0.5, 0.6) is 0 Å². The molecule has 0 unspecified atom stereocenters. The van der Waals surface area contributed by atoms with E-state index in [1.54, 1.807) is 19.2 Å². The number of nitrogens with zero attached hydrogens (tertiary/aromatic N) is 1. The third kappa shape index (κ3) is 9.28. The van der Waals surface area contributed by atoms with Crippen molar-refractivity contribution in [1.82, 2.24) is 10.6 Å². The van der Waals surface area contributed by atoms with Crippen LogP contribution >= 0.6 is 0 Å². The molecular weight excluding hydrogens is 395 g/mol. The number of hydrogen-bond donors (Lipinski definition) is 2. The van der Waals surface area contributed by atoms with Gasteiger partial charge in [-0.1, -0.05) is 48.5 Å². The van der Waals surface area contributed by atoms with Crippen LogP contribution in [0.4, 0.5) is 13.2 Å². The number of rotatable bonds is 10. The molecule has 0 aliphatic heterocycles. The third-order valence-electron chi connectivity index (χ3n) is 4.20. The highest BCUT2D eigenvalue weighted by atomic mass is 19.4. The molecule has 0 fully saturated rings. The predicted molar refractivity (Wildman–Crippen MR) is 111 cm³/mol. The molecule has 0 aliphatic carbocycles. The van der Waals surface area contributed by atoms with Gasteiger partial charge in [0.05, 0.1) is 13.2 Å². The molecule has 2 rings (SSSR count). The van der Waals surface area contributed by atoms with Gasteiger partial charge in [0.25, 0.3) is 0 Å². The number of hydrogen-bond acceptors (Lipinski definition) is 3. The number of ether oxygens (including phenoxy) is 2. The van der Waals surface area contributed by atoms with Crippen LogP contribution < -0.4 is 10.6 Å². The zero-order chi connectivity index (χ0) is 21.8. The van der Waals surface area contributed by atoms with E-state index in [9.17, 15) is 13.2 Å². The highest BCUT2D eigenvalue weighted by molar-refractivity contribution is 5.79. The van der Waals surface area contributed by atoms with E-state index in [0.29, 0.717) is 37.8 Å². The van der Waals surface area contributed by atoms with Gasteiger partial charge in [-0.05, 0) is 29.2 Å². The number of nitrogens with one attached hydrogen (secondary N) is 2. The second-order valence-corrected chi connectivity index (χ2v) is 6.66. The van der Waals surface area contributed by atoms with Crippen molar-refractivity contribution in [1.29, 1.82) is 0 Å². The van der Waals surface area contributed by atoms with E-state index in [2.05, 4.69) is 20.4 Å². The summed E-state index contributed by atoms with van der Waals surface area (Å²) in [5.74, 6) is 0.658. The topological polar surface area (TPSA) is 54.9 Å². The summed E-state index contributed by atoms with van der Waals surface area (Å²) in [5, 5.41) is 6.47. The highest BCUT2D eigenvalue weighted by Gasteiger charge is 2.27. The van der Waals surface area contributed by atoms with Crippen molar-refractivity contribution in [3.8, 4) is 0 Å². The van der Waals surface area contributed by atoms with Gasteiger partial charge in [-0.25, -0.2) is 0 Å². The normalized spacial score (nSPS) is 12.1. The second kappa shape index (κ2) is 12.2. The average Bonchev–Trinajstić information content (AvgIpc) is 2.73. The summed E-state index contributed by atoms with van der Waals surface area (Å²) in [4.78, 5) is 4.21. The van der Waals surface area contributed by atoms with Crippen molar-refractivity contribution >= 4 is 5.96 Å². The fourth-order valence-electron chi connectivity index (χ4n) is 2.60. The van der Waals surface area contributed by atoms with Crippen molar-refractivity contribution in [2.75, 3.05) is 20.3 Å². The van der Waals surface area contributed by atoms with E-state index in [1.165, 1.54) is 0 Å². The SMILES string of the molecule is CCOCc1ccc(CNC(=NC)NCc2ccc(COCC(F)(F)F)cc2)cc1. The minimum absolute atomic E-state index is 0.0696. The summed E-state index contributed by atoms with van der Waals surface area (Å²) in [5.41, 5.74) is 3.94. The van der Waals surface area contributed by atoms with Crippen molar-refractivity contribution in [3.63, 3.8) is 0 Å². The standard InChI is InChI=1S/C22H28F3N3O2/c1-3-29-14-19-8-4-17(5-9-19)12-27-21(26-2)28-13-18-6-10-20(11-7-18)15-30-16-22(23,24)25/h4-11H,3,12-16H2,1-2H3,(H2,26,27,28). The first-order chi connectivity index (χ1) is 14.4. The number of alkyl halides is 3. The molecule has 164 valence electrons. The lowest BCUT2D eigenvalue weighted by atomic mass is 10.1. The summed E-state index contributed by atoms with van der Waals surface area (Å²) < 4.78 is 46.4. The molecule has 0 heterocycles. The molecule has 0 bridgehead atoms. The number of benzene rings is 2. The lowest BCUT2D eigenvalue weighted by molar-refractivity contribution is -0.176. The predicted octanol–water partition coefficient (Wildman–Crippen LogP) is 4.17. The van der Waals surface area contributed by atoms with Gasteiger partial charge in [-0.3, -0.25) is 4.99 Å². The monoisotopic (exact) mass is 423 g/mol. The lowest BCUT2D eigenvalue weighted by Crippen LogP contribution is -2.36. The molecule has 0 aromatic heterocycles. The van der Waals surface area contributed by atoms with Gasteiger partial charge < -0.3 is 20.1 Å². The molecule has 2 aromatic carbocycles. The Bertz CT molecular complexity index is 776. The summed E-state index contributed by atoms with van der Waals surface area (Å²) in [6.07, 6.45) is -4.31. The Morgan fingerprint density at radius 2 is 1.23 bits per heavy atom. The average molecular weight is 423 g/mol. The Hall–Kier alpha value is -2.58. The lowest BCUT2D eigenvalue weighted by Gasteiger charge is -2.13. The number of guanidine groups is 1. The Morgan fingerprint density at radius 3 is 1.63 bits per heavy atom. The van der Waals surface area contributed by atoms with E-state index in [4.69, 9.17) is 4.74 Å². The van der Waals surface area contributed by atoms with Crippen LogP contribution in [0.15, 0.2) is 53.5 Å². The first kappa shape index (κ1) is 23.7. The Balaban J connectivity index is 1.74. The first-order valence-electron chi connectivity index (χ1n) is 9.72. The molecule has 0 saturated carbocycles. The van der Waals surface area contributed by atoms with E-state index in [-0.39, 0.29) is 6.61 Å². The van der Waals surface area contributed by atoms with Gasteiger partial charge >= 0.3 is 6.18 Å². The molecule has 0 spiro atoms. The van der Waals surface area contributed by atoms with Gasteiger partial charge in [0.1, 0.15) is 6.61 Å². The highest BCUT2D eigenvalue weighted by Crippen LogP contribution is 2.15. The van der Waals surface area contributed by atoms with Crippen LogP contribution in [-0.2, 0) is 35.8 Å². The maximum atomic E-state index is 12.1. The fraction of sp³-hybridized carbons (Fsp3) is 0.409. The zero-order valence-corrected chi connectivity index (χ0v) is 17.3. The smallest absolute Gasteiger partial charge is 0.377 e. The van der Waals surface area contributed by atoms with Gasteiger partial charge in [-0.15, -0.1) is 0 Å². The van der Waals surface area contributed by atoms with Crippen LogP contribution in [0.2, 0.25) is 0 Å². The zero-order valence-electron chi connectivity index (χ0n) is 17.3. The number of halogens is 3. The third-order valence-corrected chi connectivity index (χ3v) is 4.20. The maximum absolute atomic E-state index is 12.1. The Kier molecular flexibility index (Phi) is 9.63. The molecule has 8 heteroatoms. The first-order valence-corrected chi connectivity index (χ1v) is 9.72. The largest absolute Gasteiger partial charge is 0.411 e. The van der Waals surface area contributed by atoms with E-state index in [0.717, 1.165) is 16.7 Å². The van der Waals surface area contributed by atoms with Crippen LogP contribution in [0.1, 0.15) is 29.2 Å². The van der Waals surface area contributed by atoms with Crippen molar-refractivity contribution in [3.05, 3.63) is 70.8 Å². The molecule has 2 N–H and O–H groups in total. The molecule has 0 radical (unpaired) electrons. The van der Waals surface area contributed by atoms with Crippen molar-refractivity contribution < 1.29 is 22.6 Å².